The van der Waals surface area contributed by atoms with Gasteiger partial charge in [0.1, 0.15) is 6.17 Å². The summed E-state index contributed by atoms with van der Waals surface area (Å²) < 4.78 is 11.6. The number of nitrogens with zero attached hydrogens (tertiary/aromatic N) is 1. The van der Waals surface area contributed by atoms with Crippen molar-refractivity contribution in [3.05, 3.63) is 0 Å². The molecule has 2 heteroatoms. The monoisotopic (exact) mass is 89.1 g/mol. The zero-order valence-electron chi connectivity index (χ0n) is 3.98. The Morgan fingerprint density at radius 3 is 2.33 bits per heavy atom. The first-order chi connectivity index (χ1) is 2.77. The zero-order valence-corrected chi connectivity index (χ0v) is 3.98. The lowest BCUT2D eigenvalue weighted by atomic mass is 10.5. The van der Waals surface area contributed by atoms with Crippen LogP contribution in [0, 0.1) is 0 Å². The molecule has 0 saturated heterocycles. The van der Waals surface area contributed by atoms with Crippen LogP contribution < -0.4 is 0 Å². The lowest BCUT2D eigenvalue weighted by Crippen LogP contribution is -1.90. The molecule has 0 amide bonds. The van der Waals surface area contributed by atoms with E-state index in [1.165, 1.54) is 13.1 Å². The van der Waals surface area contributed by atoms with Crippen molar-refractivity contribution in [2.75, 3.05) is 7.05 Å². The third-order valence-electron chi connectivity index (χ3n) is 0.354. The van der Waals surface area contributed by atoms with Gasteiger partial charge in [0.15, 0.2) is 0 Å². The van der Waals surface area contributed by atoms with E-state index in [1.807, 2.05) is 0 Å². The molecule has 0 fully saturated rings. The summed E-state index contributed by atoms with van der Waals surface area (Å²) in [6.07, 6.45) is 0.356. The van der Waals surface area contributed by atoms with Gasteiger partial charge in [-0.1, -0.05) is 0 Å². The Labute approximate surface area is 36.9 Å². The molecule has 0 heterocycles. The van der Waals surface area contributed by atoms with Crippen LogP contribution in [-0.2, 0) is 0 Å². The van der Waals surface area contributed by atoms with E-state index < -0.39 is 6.17 Å². The maximum atomic E-state index is 11.6. The summed E-state index contributed by atoms with van der Waals surface area (Å²) in [5.41, 5.74) is 0. The quantitative estimate of drug-likeness (QED) is 0.426. The van der Waals surface area contributed by atoms with Crippen LogP contribution in [0.2, 0.25) is 0 Å². The normalized spacial score (nSPS) is 15.8. The standard InChI is InChI=1S/C4H8FN/c1-4(5)3-6-2/h3-4H,1-2H3. The maximum absolute atomic E-state index is 11.6. The minimum Gasteiger partial charge on any atom is -0.298 e. The van der Waals surface area contributed by atoms with Gasteiger partial charge in [-0.15, -0.1) is 0 Å². The highest BCUT2D eigenvalue weighted by atomic mass is 19.1. The third-order valence-corrected chi connectivity index (χ3v) is 0.354. The molecule has 0 N–H and O–H groups in total. The van der Waals surface area contributed by atoms with E-state index in [2.05, 4.69) is 4.99 Å². The van der Waals surface area contributed by atoms with Gasteiger partial charge in [0.05, 0.1) is 0 Å². The predicted molar refractivity (Wildman–Crippen MR) is 25.0 cm³/mol. The van der Waals surface area contributed by atoms with E-state index in [1.54, 1.807) is 7.05 Å². The largest absolute Gasteiger partial charge is 0.298 e. The number of rotatable bonds is 1. The molecule has 0 spiro atoms. The van der Waals surface area contributed by atoms with Gasteiger partial charge in [0.25, 0.3) is 0 Å². The van der Waals surface area contributed by atoms with Gasteiger partial charge in [-0.2, -0.15) is 0 Å². The average Bonchev–Trinajstić information content (AvgIpc) is 1.35. The van der Waals surface area contributed by atoms with Crippen molar-refractivity contribution in [3.8, 4) is 0 Å². The molecule has 36 valence electrons. The molecule has 0 aromatic heterocycles. The highest BCUT2D eigenvalue weighted by Crippen LogP contribution is 1.78. The predicted octanol–water partition coefficient (Wildman–Crippen LogP) is 1.04. The summed E-state index contributed by atoms with van der Waals surface area (Å²) in [6, 6.07) is 0. The second-order valence-electron chi connectivity index (χ2n) is 1.08. The Bertz CT molecular complexity index is 49.5. The summed E-state index contributed by atoms with van der Waals surface area (Å²) in [5, 5.41) is 0. The van der Waals surface area contributed by atoms with Crippen molar-refractivity contribution >= 4 is 6.21 Å². The molecule has 1 unspecified atom stereocenters. The van der Waals surface area contributed by atoms with Crippen LogP contribution >= 0.6 is 0 Å². The summed E-state index contributed by atoms with van der Waals surface area (Å²) in [6.45, 7) is 1.44. The Morgan fingerprint density at radius 1 is 1.83 bits per heavy atom. The van der Waals surface area contributed by atoms with Crippen molar-refractivity contribution in [2.24, 2.45) is 4.99 Å². The summed E-state index contributed by atoms with van der Waals surface area (Å²) in [4.78, 5) is 3.44. The highest BCUT2D eigenvalue weighted by Gasteiger charge is 1.83. The number of aliphatic imine (C=N–C) groups is 1. The first-order valence-corrected chi connectivity index (χ1v) is 1.83. The fourth-order valence-electron chi connectivity index (χ4n) is 0.205. The molecule has 0 saturated carbocycles. The lowest BCUT2D eigenvalue weighted by molar-refractivity contribution is 0.461. The van der Waals surface area contributed by atoms with Crippen LogP contribution in [-0.4, -0.2) is 19.4 Å². The van der Waals surface area contributed by atoms with Gasteiger partial charge in [0.2, 0.25) is 0 Å². The van der Waals surface area contributed by atoms with Gasteiger partial charge in [-0.3, -0.25) is 4.99 Å². The van der Waals surface area contributed by atoms with E-state index in [0.29, 0.717) is 0 Å². The van der Waals surface area contributed by atoms with E-state index in [9.17, 15) is 4.39 Å². The lowest BCUT2D eigenvalue weighted by Gasteiger charge is -1.81. The second-order valence-corrected chi connectivity index (χ2v) is 1.08. The summed E-state index contributed by atoms with van der Waals surface area (Å²) >= 11 is 0. The molecular weight excluding hydrogens is 81.0 g/mol. The van der Waals surface area contributed by atoms with Gasteiger partial charge >= 0.3 is 0 Å². The minimum atomic E-state index is -0.894. The maximum Gasteiger partial charge on any atom is 0.132 e. The van der Waals surface area contributed by atoms with E-state index in [-0.39, 0.29) is 0 Å². The first-order valence-electron chi connectivity index (χ1n) is 1.83. The Morgan fingerprint density at radius 2 is 2.33 bits per heavy atom. The molecule has 6 heavy (non-hydrogen) atoms. The minimum absolute atomic E-state index is 0.894. The van der Waals surface area contributed by atoms with Gasteiger partial charge in [0, 0.05) is 13.3 Å². The van der Waals surface area contributed by atoms with Crippen molar-refractivity contribution in [2.45, 2.75) is 13.1 Å². The van der Waals surface area contributed by atoms with Crippen LogP contribution in [0.25, 0.3) is 0 Å². The Kier molecular flexibility index (Phi) is 2.63. The van der Waals surface area contributed by atoms with Crippen LogP contribution in [0.4, 0.5) is 4.39 Å². The molecule has 0 aromatic carbocycles. The van der Waals surface area contributed by atoms with Crippen LogP contribution in [0.3, 0.4) is 0 Å². The molecular formula is C4H8FN. The molecule has 1 nitrogen and oxygen atoms in total. The molecule has 0 aliphatic heterocycles. The molecule has 0 aliphatic carbocycles. The van der Waals surface area contributed by atoms with Gasteiger partial charge in [-0.05, 0) is 6.92 Å². The number of halogens is 1. The topological polar surface area (TPSA) is 12.4 Å². The highest BCUT2D eigenvalue weighted by molar-refractivity contribution is 5.61. The fourth-order valence-corrected chi connectivity index (χ4v) is 0.205. The third kappa shape index (κ3) is 3.60. The van der Waals surface area contributed by atoms with Gasteiger partial charge < -0.3 is 0 Å². The van der Waals surface area contributed by atoms with E-state index in [4.69, 9.17) is 0 Å². The molecule has 0 aliphatic rings. The smallest absolute Gasteiger partial charge is 0.132 e. The Balaban J connectivity index is 3.03. The summed E-state index contributed by atoms with van der Waals surface area (Å²) in [7, 11) is 1.55. The first kappa shape index (κ1) is 5.60. The van der Waals surface area contributed by atoms with Crippen molar-refractivity contribution in [1.82, 2.24) is 0 Å². The molecule has 0 bridgehead atoms. The van der Waals surface area contributed by atoms with Crippen LogP contribution in [0.5, 0.6) is 0 Å². The zero-order chi connectivity index (χ0) is 4.99. The second kappa shape index (κ2) is 2.82. The Hall–Kier alpha value is -0.400. The summed E-state index contributed by atoms with van der Waals surface area (Å²) in [5.74, 6) is 0. The van der Waals surface area contributed by atoms with Crippen molar-refractivity contribution in [1.29, 1.82) is 0 Å². The molecule has 0 aromatic rings. The SMILES string of the molecule is CN=CC(C)F. The van der Waals surface area contributed by atoms with Gasteiger partial charge in [-0.25, -0.2) is 4.39 Å². The average molecular weight is 89.1 g/mol. The van der Waals surface area contributed by atoms with E-state index >= 15 is 0 Å². The van der Waals surface area contributed by atoms with Crippen molar-refractivity contribution < 1.29 is 4.39 Å². The molecule has 0 radical (unpaired) electrons. The van der Waals surface area contributed by atoms with Crippen molar-refractivity contribution in [3.63, 3.8) is 0 Å². The van der Waals surface area contributed by atoms with E-state index in [0.717, 1.165) is 0 Å². The van der Waals surface area contributed by atoms with Crippen LogP contribution in [0.15, 0.2) is 4.99 Å². The number of hydrogen-bond acceptors (Lipinski definition) is 1. The number of alkyl halides is 1. The fraction of sp³-hybridized carbons (Fsp3) is 0.750. The number of hydrogen-bond donors (Lipinski definition) is 0. The molecule has 0 rings (SSSR count). The molecule has 1 atom stereocenters. The van der Waals surface area contributed by atoms with Crippen LogP contribution in [0.1, 0.15) is 6.92 Å².